The summed E-state index contributed by atoms with van der Waals surface area (Å²) in [6, 6.07) is 15.4. The Morgan fingerprint density at radius 3 is 2.52 bits per heavy atom. The molecule has 3 atom stereocenters. The number of esters is 1. The first-order chi connectivity index (χ1) is 14.5. The predicted octanol–water partition coefficient (Wildman–Crippen LogP) is 5.94. The molecule has 0 unspecified atom stereocenters. The van der Waals surface area contributed by atoms with Crippen LogP contribution >= 0.6 is 11.6 Å². The number of hydrogen-bond acceptors (Lipinski definition) is 5. The summed E-state index contributed by atoms with van der Waals surface area (Å²) in [6.07, 6.45) is -5.21. The summed E-state index contributed by atoms with van der Waals surface area (Å²) in [7, 11) is 0. The van der Waals surface area contributed by atoms with E-state index < -0.39 is 40.5 Å². The molecule has 0 aliphatic heterocycles. The Balaban J connectivity index is 1.72. The third-order valence-corrected chi connectivity index (χ3v) is 5.43. The summed E-state index contributed by atoms with van der Waals surface area (Å²) in [5.74, 6) is -1.67. The molecular formula is C22H18ClF3N2O3. The molecule has 0 saturated heterocycles. The van der Waals surface area contributed by atoms with Gasteiger partial charge in [-0.2, -0.15) is 18.4 Å². The van der Waals surface area contributed by atoms with E-state index in [1.807, 2.05) is 12.1 Å². The Bertz CT molecular complexity index is 1030. The van der Waals surface area contributed by atoms with E-state index >= 15 is 0 Å². The smallest absolute Gasteiger partial charge is 0.426 e. The lowest BCUT2D eigenvalue weighted by Crippen LogP contribution is -2.15. The minimum atomic E-state index is -4.69. The first-order valence-corrected chi connectivity index (χ1v) is 9.66. The van der Waals surface area contributed by atoms with Gasteiger partial charge in [-0.15, -0.1) is 0 Å². The molecule has 1 aliphatic carbocycles. The second-order valence-electron chi connectivity index (χ2n) is 7.60. The van der Waals surface area contributed by atoms with Gasteiger partial charge < -0.3 is 9.47 Å². The molecule has 9 heteroatoms. The highest BCUT2D eigenvalue weighted by molar-refractivity contribution is 6.30. The molecule has 0 spiro atoms. The highest BCUT2D eigenvalue weighted by Gasteiger charge is 2.62. The van der Waals surface area contributed by atoms with E-state index in [1.165, 1.54) is 6.07 Å². The summed E-state index contributed by atoms with van der Waals surface area (Å²) in [4.78, 5) is 16.8. The van der Waals surface area contributed by atoms with Gasteiger partial charge >= 0.3 is 12.1 Å². The van der Waals surface area contributed by atoms with Crippen LogP contribution in [0.25, 0.3) is 0 Å². The van der Waals surface area contributed by atoms with Crippen molar-refractivity contribution in [3.63, 3.8) is 0 Å². The van der Waals surface area contributed by atoms with E-state index in [-0.39, 0.29) is 11.6 Å². The summed E-state index contributed by atoms with van der Waals surface area (Å²) >= 11 is 5.31. The van der Waals surface area contributed by atoms with E-state index in [2.05, 4.69) is 4.98 Å². The van der Waals surface area contributed by atoms with Crippen LogP contribution in [0.2, 0.25) is 0 Å². The maximum Gasteiger partial charge on any atom is 0.426 e. The number of alkyl halides is 3. The Morgan fingerprint density at radius 2 is 1.90 bits per heavy atom. The van der Waals surface area contributed by atoms with Crippen molar-refractivity contribution in [2.75, 3.05) is 0 Å². The zero-order valence-electron chi connectivity index (χ0n) is 16.6. The predicted molar refractivity (Wildman–Crippen MR) is 106 cm³/mol. The Kier molecular flexibility index (Phi) is 6.27. The standard InChI is InChI=1S/C22H18ClF3N2O3/c1-21(2)14(11-17(23)22(24,25)26)19(21)20(29)31-16(12-27)15-9-6-10-18(28-15)30-13-7-4-3-5-8-13/h3-11,14,16,19H,1-2H3/b17-11-/t14-,16+,19-/m0/s1. The van der Waals surface area contributed by atoms with Crippen LogP contribution in [-0.2, 0) is 9.53 Å². The maximum absolute atomic E-state index is 12.7. The van der Waals surface area contributed by atoms with Gasteiger partial charge in [-0.3, -0.25) is 4.79 Å². The van der Waals surface area contributed by atoms with Gasteiger partial charge in [0, 0.05) is 6.07 Å². The molecule has 1 heterocycles. The second-order valence-corrected chi connectivity index (χ2v) is 8.01. The Morgan fingerprint density at radius 1 is 1.23 bits per heavy atom. The molecule has 3 rings (SSSR count). The number of para-hydroxylation sites is 1. The van der Waals surface area contributed by atoms with Crippen LogP contribution in [0.15, 0.2) is 59.6 Å². The average Bonchev–Trinajstić information content (AvgIpc) is 3.26. The minimum Gasteiger partial charge on any atom is -0.440 e. The molecule has 1 saturated carbocycles. The normalized spacial score (nSPS) is 21.0. The van der Waals surface area contributed by atoms with Gasteiger partial charge in [0.2, 0.25) is 12.0 Å². The average molecular weight is 451 g/mol. The zero-order valence-corrected chi connectivity index (χ0v) is 17.3. The van der Waals surface area contributed by atoms with Crippen molar-refractivity contribution in [2.45, 2.75) is 26.1 Å². The van der Waals surface area contributed by atoms with Gasteiger partial charge in [0.1, 0.15) is 16.9 Å². The number of nitrogens with zero attached hydrogens (tertiary/aromatic N) is 2. The summed E-state index contributed by atoms with van der Waals surface area (Å²) in [5.41, 5.74) is -0.642. The van der Waals surface area contributed by atoms with Crippen LogP contribution in [0.4, 0.5) is 13.2 Å². The van der Waals surface area contributed by atoms with E-state index in [0.29, 0.717) is 5.75 Å². The van der Waals surface area contributed by atoms with Gasteiger partial charge in [-0.25, -0.2) is 4.98 Å². The van der Waals surface area contributed by atoms with Crippen LogP contribution in [0.5, 0.6) is 11.6 Å². The largest absolute Gasteiger partial charge is 0.440 e. The molecule has 0 radical (unpaired) electrons. The number of halogens is 4. The minimum absolute atomic E-state index is 0.142. The quantitative estimate of drug-likeness (QED) is 0.509. The number of carbonyl (C=O) groups is 1. The van der Waals surface area contributed by atoms with Crippen LogP contribution < -0.4 is 4.74 Å². The third kappa shape index (κ3) is 5.17. The van der Waals surface area contributed by atoms with Crippen molar-refractivity contribution in [1.29, 1.82) is 5.26 Å². The maximum atomic E-state index is 12.7. The molecule has 1 fully saturated rings. The van der Waals surface area contributed by atoms with Crippen molar-refractivity contribution < 1.29 is 27.4 Å². The van der Waals surface area contributed by atoms with Crippen molar-refractivity contribution in [2.24, 2.45) is 17.3 Å². The van der Waals surface area contributed by atoms with Crippen molar-refractivity contribution >= 4 is 17.6 Å². The van der Waals surface area contributed by atoms with Gasteiger partial charge in [0.15, 0.2) is 0 Å². The van der Waals surface area contributed by atoms with Gasteiger partial charge in [0.25, 0.3) is 0 Å². The lowest BCUT2D eigenvalue weighted by atomic mass is 10.1. The molecule has 1 aromatic heterocycles. The van der Waals surface area contributed by atoms with Crippen LogP contribution in [0, 0.1) is 28.6 Å². The number of aromatic nitrogens is 1. The van der Waals surface area contributed by atoms with Crippen molar-refractivity contribution in [3.05, 3.63) is 65.3 Å². The summed E-state index contributed by atoms with van der Waals surface area (Å²) < 4.78 is 49.0. The molecule has 0 N–H and O–H groups in total. The molecule has 31 heavy (non-hydrogen) atoms. The molecule has 0 amide bonds. The third-order valence-electron chi connectivity index (χ3n) is 5.09. The highest BCUT2D eigenvalue weighted by atomic mass is 35.5. The van der Waals surface area contributed by atoms with Crippen LogP contribution in [0.1, 0.15) is 25.6 Å². The number of pyridine rings is 1. The fourth-order valence-corrected chi connectivity index (χ4v) is 3.41. The topological polar surface area (TPSA) is 72.2 Å². The number of carbonyl (C=O) groups excluding carboxylic acids is 1. The lowest BCUT2D eigenvalue weighted by Gasteiger charge is -2.12. The van der Waals surface area contributed by atoms with E-state index in [9.17, 15) is 23.2 Å². The highest BCUT2D eigenvalue weighted by Crippen LogP contribution is 2.60. The number of allylic oxidation sites excluding steroid dienone is 2. The van der Waals surface area contributed by atoms with Gasteiger partial charge in [0.05, 0.1) is 11.6 Å². The molecular weight excluding hydrogens is 433 g/mol. The monoisotopic (exact) mass is 450 g/mol. The van der Waals surface area contributed by atoms with Gasteiger partial charge in [-0.1, -0.05) is 55.8 Å². The molecule has 2 aromatic rings. The van der Waals surface area contributed by atoms with E-state index in [0.717, 1.165) is 6.08 Å². The molecule has 162 valence electrons. The van der Waals surface area contributed by atoms with Crippen LogP contribution in [-0.4, -0.2) is 17.1 Å². The van der Waals surface area contributed by atoms with E-state index in [1.54, 1.807) is 50.2 Å². The fraction of sp³-hybridized carbons (Fsp3) is 0.318. The Hall–Kier alpha value is -3.05. The van der Waals surface area contributed by atoms with Gasteiger partial charge in [-0.05, 0) is 29.5 Å². The second kappa shape index (κ2) is 8.60. The number of rotatable bonds is 6. The van der Waals surface area contributed by atoms with Crippen molar-refractivity contribution in [1.82, 2.24) is 4.98 Å². The number of nitriles is 1. The van der Waals surface area contributed by atoms with Crippen LogP contribution in [0.3, 0.4) is 0 Å². The van der Waals surface area contributed by atoms with Crippen molar-refractivity contribution in [3.8, 4) is 17.7 Å². The Labute approximate surface area is 182 Å². The zero-order chi connectivity index (χ0) is 22.8. The number of hydrogen-bond donors (Lipinski definition) is 0. The molecule has 1 aliphatic rings. The number of benzene rings is 1. The summed E-state index contributed by atoms with van der Waals surface area (Å²) in [6.45, 7) is 3.27. The molecule has 0 bridgehead atoms. The number of ether oxygens (including phenoxy) is 2. The first-order valence-electron chi connectivity index (χ1n) is 9.28. The summed E-state index contributed by atoms with van der Waals surface area (Å²) in [5, 5.41) is 8.18. The first kappa shape index (κ1) is 22.6. The van der Waals surface area contributed by atoms with E-state index in [4.69, 9.17) is 21.1 Å². The molecule has 1 aromatic carbocycles. The lowest BCUT2D eigenvalue weighted by molar-refractivity contribution is -0.149. The fourth-order valence-electron chi connectivity index (χ4n) is 3.28. The molecule has 5 nitrogen and oxygen atoms in total. The SMILES string of the molecule is CC1(C)[C@H](C(=O)O[C@H](C#N)c2cccc(Oc3ccccc3)n2)[C@@H]1/C=C(\Cl)C(F)(F)F.